The second-order valence-electron chi connectivity index (χ2n) is 6.16. The van der Waals surface area contributed by atoms with E-state index >= 15 is 0 Å². The van der Waals surface area contributed by atoms with Crippen molar-refractivity contribution < 1.29 is 9.59 Å². The molecule has 0 aromatic heterocycles. The van der Waals surface area contributed by atoms with Crippen LogP contribution in [0.3, 0.4) is 0 Å². The van der Waals surface area contributed by atoms with Crippen molar-refractivity contribution in [3.8, 4) is 0 Å². The fourth-order valence-electron chi connectivity index (χ4n) is 2.06. The highest BCUT2D eigenvalue weighted by molar-refractivity contribution is 6.30. The van der Waals surface area contributed by atoms with Gasteiger partial charge in [-0.05, 0) is 43.5 Å². The SMILES string of the molecule is CC(NC(=O)c1ccc(Cl)cc1)C(=O)N(C)CCC(N)C(C)C.Cl. The predicted molar refractivity (Wildman–Crippen MR) is 101 cm³/mol. The molecule has 0 aliphatic carbocycles. The Morgan fingerprint density at radius 1 is 1.21 bits per heavy atom. The molecule has 0 aliphatic rings. The molecule has 2 amide bonds. The molecule has 0 spiro atoms. The number of rotatable bonds is 7. The van der Waals surface area contributed by atoms with E-state index in [0.29, 0.717) is 23.0 Å². The third-order valence-corrected chi connectivity index (χ3v) is 4.11. The molecule has 0 saturated heterocycles. The van der Waals surface area contributed by atoms with Crippen molar-refractivity contribution in [2.75, 3.05) is 13.6 Å². The molecule has 1 aromatic rings. The quantitative estimate of drug-likeness (QED) is 0.768. The van der Waals surface area contributed by atoms with Gasteiger partial charge in [0.25, 0.3) is 5.91 Å². The van der Waals surface area contributed by atoms with Crippen molar-refractivity contribution in [3.05, 3.63) is 34.9 Å². The minimum Gasteiger partial charge on any atom is -0.344 e. The minimum absolute atomic E-state index is 0. The van der Waals surface area contributed by atoms with Crippen LogP contribution < -0.4 is 11.1 Å². The van der Waals surface area contributed by atoms with Gasteiger partial charge >= 0.3 is 0 Å². The Hall–Kier alpha value is -1.30. The van der Waals surface area contributed by atoms with Gasteiger partial charge in [0.2, 0.25) is 5.91 Å². The average molecular weight is 376 g/mol. The summed E-state index contributed by atoms with van der Waals surface area (Å²) in [6.07, 6.45) is 0.734. The van der Waals surface area contributed by atoms with Gasteiger partial charge < -0.3 is 16.0 Å². The normalized spacial score (nSPS) is 13.0. The molecular formula is C17H27Cl2N3O2. The summed E-state index contributed by atoms with van der Waals surface area (Å²) in [5.74, 6) is -0.0569. The molecule has 0 bridgehead atoms. The zero-order valence-electron chi connectivity index (χ0n) is 14.6. The lowest BCUT2D eigenvalue weighted by Crippen LogP contribution is -2.46. The Labute approximate surface area is 155 Å². The van der Waals surface area contributed by atoms with Crippen molar-refractivity contribution >= 4 is 35.8 Å². The van der Waals surface area contributed by atoms with Crippen LogP contribution in [0.25, 0.3) is 0 Å². The standard InChI is InChI=1S/C17H26ClN3O2.ClH/c1-11(2)15(19)9-10-21(4)17(23)12(3)20-16(22)13-5-7-14(18)8-6-13;/h5-8,11-12,15H,9-10,19H2,1-4H3,(H,20,22);1H. The van der Waals surface area contributed by atoms with Gasteiger partial charge in [-0.25, -0.2) is 0 Å². The van der Waals surface area contributed by atoms with Gasteiger partial charge in [0.1, 0.15) is 6.04 Å². The van der Waals surface area contributed by atoms with E-state index < -0.39 is 6.04 Å². The Balaban J connectivity index is 0.00000529. The van der Waals surface area contributed by atoms with E-state index in [1.165, 1.54) is 0 Å². The topological polar surface area (TPSA) is 75.4 Å². The molecule has 2 atom stereocenters. The van der Waals surface area contributed by atoms with Crippen LogP contribution in [0.5, 0.6) is 0 Å². The summed E-state index contributed by atoms with van der Waals surface area (Å²) in [7, 11) is 1.72. The van der Waals surface area contributed by atoms with Crippen LogP contribution >= 0.6 is 24.0 Å². The number of benzene rings is 1. The molecule has 0 radical (unpaired) electrons. The Kier molecular flexibility index (Phi) is 9.97. The van der Waals surface area contributed by atoms with E-state index in [2.05, 4.69) is 19.2 Å². The second kappa shape index (κ2) is 10.5. The average Bonchev–Trinajstić information content (AvgIpc) is 2.51. The Morgan fingerprint density at radius 2 is 1.75 bits per heavy atom. The summed E-state index contributed by atoms with van der Waals surface area (Å²) < 4.78 is 0. The zero-order chi connectivity index (χ0) is 17.6. The van der Waals surface area contributed by atoms with Gasteiger partial charge in [-0.1, -0.05) is 25.4 Å². The predicted octanol–water partition coefficient (Wildman–Crippen LogP) is 2.71. The van der Waals surface area contributed by atoms with Crippen molar-refractivity contribution in [1.82, 2.24) is 10.2 Å². The van der Waals surface area contributed by atoms with E-state index in [-0.39, 0.29) is 30.3 Å². The first-order valence-corrected chi connectivity index (χ1v) is 8.17. The summed E-state index contributed by atoms with van der Waals surface area (Å²) in [5.41, 5.74) is 6.46. The molecule has 0 heterocycles. The first-order chi connectivity index (χ1) is 10.7. The third kappa shape index (κ3) is 7.07. The lowest BCUT2D eigenvalue weighted by Gasteiger charge is -2.24. The van der Waals surface area contributed by atoms with Crippen LogP contribution in [-0.2, 0) is 4.79 Å². The molecular weight excluding hydrogens is 349 g/mol. The summed E-state index contributed by atoms with van der Waals surface area (Å²) in [5, 5.41) is 3.26. The zero-order valence-corrected chi connectivity index (χ0v) is 16.2. The second-order valence-corrected chi connectivity index (χ2v) is 6.59. The third-order valence-electron chi connectivity index (χ3n) is 3.85. The van der Waals surface area contributed by atoms with Gasteiger partial charge in [-0.3, -0.25) is 9.59 Å². The summed E-state index contributed by atoms with van der Waals surface area (Å²) in [4.78, 5) is 26.0. The van der Waals surface area contributed by atoms with Crippen molar-refractivity contribution in [2.45, 2.75) is 39.3 Å². The summed E-state index contributed by atoms with van der Waals surface area (Å²) in [6, 6.07) is 5.99. The maximum atomic E-state index is 12.3. The van der Waals surface area contributed by atoms with Crippen LogP contribution in [0.4, 0.5) is 0 Å². The maximum Gasteiger partial charge on any atom is 0.251 e. The summed E-state index contributed by atoms with van der Waals surface area (Å²) >= 11 is 5.79. The fraction of sp³-hybridized carbons (Fsp3) is 0.529. The number of carbonyl (C=O) groups is 2. The van der Waals surface area contributed by atoms with Crippen LogP contribution in [0.15, 0.2) is 24.3 Å². The molecule has 1 aromatic carbocycles. The first kappa shape index (κ1) is 22.7. The maximum absolute atomic E-state index is 12.3. The molecule has 2 unspecified atom stereocenters. The molecule has 3 N–H and O–H groups in total. The van der Waals surface area contributed by atoms with Gasteiger partial charge in [0, 0.05) is 30.2 Å². The highest BCUT2D eigenvalue weighted by Crippen LogP contribution is 2.10. The number of nitrogens with one attached hydrogen (secondary N) is 1. The van der Waals surface area contributed by atoms with Crippen molar-refractivity contribution in [1.29, 1.82) is 0 Å². The number of amides is 2. The highest BCUT2D eigenvalue weighted by atomic mass is 35.5. The smallest absolute Gasteiger partial charge is 0.251 e. The van der Waals surface area contributed by atoms with Gasteiger partial charge in [0.05, 0.1) is 0 Å². The van der Waals surface area contributed by atoms with Gasteiger partial charge in [-0.15, -0.1) is 12.4 Å². The van der Waals surface area contributed by atoms with Crippen LogP contribution in [-0.4, -0.2) is 42.4 Å². The van der Waals surface area contributed by atoms with E-state index in [0.717, 1.165) is 6.42 Å². The number of nitrogens with two attached hydrogens (primary N) is 1. The molecule has 7 heteroatoms. The molecule has 0 saturated carbocycles. The van der Waals surface area contributed by atoms with Gasteiger partial charge in [0.15, 0.2) is 0 Å². The first-order valence-electron chi connectivity index (χ1n) is 7.79. The van der Waals surface area contributed by atoms with E-state index in [4.69, 9.17) is 17.3 Å². The molecule has 5 nitrogen and oxygen atoms in total. The Bertz CT molecular complexity index is 535. The monoisotopic (exact) mass is 375 g/mol. The van der Waals surface area contributed by atoms with E-state index in [1.54, 1.807) is 43.1 Å². The van der Waals surface area contributed by atoms with E-state index in [9.17, 15) is 9.59 Å². The Morgan fingerprint density at radius 3 is 2.25 bits per heavy atom. The number of hydrogen-bond acceptors (Lipinski definition) is 3. The highest BCUT2D eigenvalue weighted by Gasteiger charge is 2.20. The van der Waals surface area contributed by atoms with Crippen LogP contribution in [0.2, 0.25) is 5.02 Å². The lowest BCUT2D eigenvalue weighted by molar-refractivity contribution is -0.131. The summed E-state index contributed by atoms with van der Waals surface area (Å²) in [6.45, 7) is 6.36. The van der Waals surface area contributed by atoms with Crippen molar-refractivity contribution in [2.24, 2.45) is 11.7 Å². The minimum atomic E-state index is -0.599. The molecule has 0 fully saturated rings. The molecule has 1 rings (SSSR count). The lowest BCUT2D eigenvalue weighted by atomic mass is 10.0. The van der Waals surface area contributed by atoms with Gasteiger partial charge in [-0.2, -0.15) is 0 Å². The van der Waals surface area contributed by atoms with E-state index in [1.807, 2.05) is 0 Å². The largest absolute Gasteiger partial charge is 0.344 e. The number of hydrogen-bond donors (Lipinski definition) is 2. The van der Waals surface area contributed by atoms with Crippen LogP contribution in [0, 0.1) is 5.92 Å². The number of halogens is 2. The fourth-order valence-corrected chi connectivity index (χ4v) is 2.19. The number of carbonyl (C=O) groups excluding carboxylic acids is 2. The molecule has 0 aliphatic heterocycles. The number of nitrogens with zero attached hydrogens (tertiary/aromatic N) is 1. The van der Waals surface area contributed by atoms with Crippen LogP contribution in [0.1, 0.15) is 37.6 Å². The number of likely N-dealkylation sites (N-methyl/N-ethyl adjacent to an activating group) is 1. The van der Waals surface area contributed by atoms with Crippen molar-refractivity contribution in [3.63, 3.8) is 0 Å². The molecule has 24 heavy (non-hydrogen) atoms. The molecule has 136 valence electrons.